The van der Waals surface area contributed by atoms with Gasteiger partial charge in [-0.3, -0.25) is 4.98 Å². The number of nitrogens with zero attached hydrogens (tertiary/aromatic N) is 5. The highest BCUT2D eigenvalue weighted by atomic mass is 15.3. The molecule has 0 amide bonds. The quantitative estimate of drug-likeness (QED) is 0.927. The third-order valence-corrected chi connectivity index (χ3v) is 3.73. The molecule has 0 saturated carbocycles. The van der Waals surface area contributed by atoms with Crippen LogP contribution in [0.3, 0.4) is 0 Å². The first-order valence-electron chi connectivity index (χ1n) is 7.39. The Kier molecular flexibility index (Phi) is 4.23. The van der Waals surface area contributed by atoms with E-state index in [1.165, 1.54) is 12.8 Å². The second-order valence-electron chi connectivity index (χ2n) is 5.54. The molecule has 0 radical (unpaired) electrons. The van der Waals surface area contributed by atoms with Crippen molar-refractivity contribution in [2.24, 2.45) is 5.92 Å². The van der Waals surface area contributed by atoms with E-state index < -0.39 is 0 Å². The lowest BCUT2D eigenvalue weighted by molar-refractivity contribution is 0.444. The third kappa shape index (κ3) is 3.65. The molecule has 0 aromatic carbocycles. The van der Waals surface area contributed by atoms with Gasteiger partial charge in [0.25, 0.3) is 0 Å². The van der Waals surface area contributed by atoms with Crippen LogP contribution in [-0.2, 0) is 6.54 Å². The van der Waals surface area contributed by atoms with Gasteiger partial charge in [0.15, 0.2) is 5.82 Å². The third-order valence-electron chi connectivity index (χ3n) is 3.73. The minimum atomic E-state index is 0.572. The second-order valence-corrected chi connectivity index (χ2v) is 5.54. The summed E-state index contributed by atoms with van der Waals surface area (Å²) in [6.07, 6.45) is 7.81. The molecule has 6 nitrogen and oxygen atoms in total. The predicted molar refractivity (Wildman–Crippen MR) is 82.0 cm³/mol. The van der Waals surface area contributed by atoms with E-state index in [4.69, 9.17) is 0 Å². The van der Waals surface area contributed by atoms with E-state index in [0.717, 1.165) is 24.5 Å². The molecule has 1 N–H and O–H groups in total. The van der Waals surface area contributed by atoms with E-state index in [2.05, 4.69) is 37.3 Å². The van der Waals surface area contributed by atoms with Crippen LogP contribution in [0.2, 0.25) is 0 Å². The molecule has 1 unspecified atom stereocenters. The summed E-state index contributed by atoms with van der Waals surface area (Å²) in [6, 6.07) is 3.94. The van der Waals surface area contributed by atoms with Gasteiger partial charge >= 0.3 is 0 Å². The number of piperidine rings is 1. The first kappa shape index (κ1) is 13.7. The summed E-state index contributed by atoms with van der Waals surface area (Å²) in [5, 5.41) is 11.3. The van der Waals surface area contributed by atoms with Crippen LogP contribution < -0.4 is 10.2 Å². The summed E-state index contributed by atoms with van der Waals surface area (Å²) in [6.45, 7) is 5.04. The van der Waals surface area contributed by atoms with E-state index in [-0.39, 0.29) is 0 Å². The minimum Gasteiger partial charge on any atom is -0.355 e. The standard InChI is InChI=1S/C15H20N6/c1-12-3-2-8-21(11-12)14-10-18-20-15(19-14)17-9-13-4-6-16-7-5-13/h4-7,10,12H,2-3,8-9,11H2,1H3,(H,17,19,20). The fourth-order valence-electron chi connectivity index (χ4n) is 2.60. The molecule has 0 spiro atoms. The van der Waals surface area contributed by atoms with Gasteiger partial charge in [-0.15, -0.1) is 5.10 Å². The number of rotatable bonds is 4. The molecule has 6 heteroatoms. The maximum absolute atomic E-state index is 4.57. The molecule has 110 valence electrons. The van der Waals surface area contributed by atoms with Crippen LogP contribution >= 0.6 is 0 Å². The topological polar surface area (TPSA) is 66.8 Å². The van der Waals surface area contributed by atoms with Gasteiger partial charge in [-0.1, -0.05) is 6.92 Å². The lowest BCUT2D eigenvalue weighted by Crippen LogP contribution is -2.35. The number of pyridine rings is 1. The highest BCUT2D eigenvalue weighted by Crippen LogP contribution is 2.20. The van der Waals surface area contributed by atoms with Gasteiger partial charge in [-0.25, -0.2) is 0 Å². The summed E-state index contributed by atoms with van der Waals surface area (Å²) in [4.78, 5) is 10.9. The Morgan fingerprint density at radius 2 is 2.19 bits per heavy atom. The van der Waals surface area contributed by atoms with Crippen molar-refractivity contribution in [3.8, 4) is 0 Å². The second kappa shape index (κ2) is 6.47. The summed E-state index contributed by atoms with van der Waals surface area (Å²) < 4.78 is 0. The fourth-order valence-corrected chi connectivity index (χ4v) is 2.60. The summed E-state index contributed by atoms with van der Waals surface area (Å²) in [5.41, 5.74) is 1.14. The van der Waals surface area contributed by atoms with Gasteiger partial charge in [-0.05, 0) is 36.5 Å². The minimum absolute atomic E-state index is 0.572. The van der Waals surface area contributed by atoms with Gasteiger partial charge in [-0.2, -0.15) is 10.1 Å². The molecule has 1 saturated heterocycles. The molecule has 1 aliphatic rings. The van der Waals surface area contributed by atoms with E-state index >= 15 is 0 Å². The van der Waals surface area contributed by atoms with Crippen LogP contribution in [0.15, 0.2) is 30.7 Å². The SMILES string of the molecule is CC1CCCN(c2cnnc(NCc3ccncc3)n2)C1. The van der Waals surface area contributed by atoms with Crippen molar-refractivity contribution in [2.75, 3.05) is 23.3 Å². The normalized spacial score (nSPS) is 18.5. The van der Waals surface area contributed by atoms with Crippen molar-refractivity contribution in [2.45, 2.75) is 26.3 Å². The first-order valence-corrected chi connectivity index (χ1v) is 7.39. The molecular weight excluding hydrogens is 264 g/mol. The van der Waals surface area contributed by atoms with Crippen LogP contribution in [0.5, 0.6) is 0 Å². The Balaban J connectivity index is 1.65. The zero-order chi connectivity index (χ0) is 14.5. The fraction of sp³-hybridized carbons (Fsp3) is 0.467. The molecule has 3 heterocycles. The number of anilines is 2. The maximum atomic E-state index is 4.57. The molecule has 0 bridgehead atoms. The summed E-state index contributed by atoms with van der Waals surface area (Å²) in [5.74, 6) is 2.19. The molecule has 1 aliphatic heterocycles. The number of nitrogens with one attached hydrogen (secondary N) is 1. The predicted octanol–water partition coefficient (Wildman–Crippen LogP) is 2.11. The zero-order valence-electron chi connectivity index (χ0n) is 12.2. The van der Waals surface area contributed by atoms with Gasteiger partial charge in [0.2, 0.25) is 5.95 Å². The number of hydrogen-bond donors (Lipinski definition) is 1. The van der Waals surface area contributed by atoms with E-state index in [1.807, 2.05) is 12.1 Å². The Labute approximate surface area is 124 Å². The van der Waals surface area contributed by atoms with Gasteiger partial charge < -0.3 is 10.2 Å². The molecule has 21 heavy (non-hydrogen) atoms. The van der Waals surface area contributed by atoms with Gasteiger partial charge in [0.05, 0.1) is 6.20 Å². The highest BCUT2D eigenvalue weighted by Gasteiger charge is 2.18. The Morgan fingerprint density at radius 3 is 3.00 bits per heavy atom. The van der Waals surface area contributed by atoms with E-state index in [1.54, 1.807) is 18.6 Å². The van der Waals surface area contributed by atoms with Gasteiger partial charge in [0, 0.05) is 32.0 Å². The van der Waals surface area contributed by atoms with Crippen molar-refractivity contribution < 1.29 is 0 Å². The van der Waals surface area contributed by atoms with Crippen LogP contribution in [0.1, 0.15) is 25.3 Å². The Bertz CT molecular complexity index is 573. The van der Waals surface area contributed by atoms with Crippen LogP contribution in [0, 0.1) is 5.92 Å². The molecule has 1 fully saturated rings. The monoisotopic (exact) mass is 284 g/mol. The smallest absolute Gasteiger partial charge is 0.244 e. The lowest BCUT2D eigenvalue weighted by Gasteiger charge is -2.31. The summed E-state index contributed by atoms with van der Waals surface area (Å²) in [7, 11) is 0. The summed E-state index contributed by atoms with van der Waals surface area (Å²) >= 11 is 0. The average Bonchev–Trinajstić information content (AvgIpc) is 2.54. The van der Waals surface area contributed by atoms with E-state index in [9.17, 15) is 0 Å². The van der Waals surface area contributed by atoms with Crippen LogP contribution in [0.25, 0.3) is 0 Å². The largest absolute Gasteiger partial charge is 0.355 e. The Hall–Kier alpha value is -2.24. The molecule has 0 aliphatic carbocycles. The number of aromatic nitrogens is 4. The van der Waals surface area contributed by atoms with Gasteiger partial charge in [0.1, 0.15) is 0 Å². The van der Waals surface area contributed by atoms with Crippen molar-refractivity contribution in [1.82, 2.24) is 20.2 Å². The highest BCUT2D eigenvalue weighted by molar-refractivity contribution is 5.40. The van der Waals surface area contributed by atoms with E-state index in [0.29, 0.717) is 18.4 Å². The first-order chi connectivity index (χ1) is 10.3. The zero-order valence-corrected chi connectivity index (χ0v) is 12.2. The van der Waals surface area contributed by atoms with Crippen LogP contribution in [0.4, 0.5) is 11.8 Å². The number of hydrogen-bond acceptors (Lipinski definition) is 6. The molecular formula is C15H20N6. The average molecular weight is 284 g/mol. The van der Waals surface area contributed by atoms with Crippen LogP contribution in [-0.4, -0.2) is 33.3 Å². The Morgan fingerprint density at radius 1 is 1.33 bits per heavy atom. The lowest BCUT2D eigenvalue weighted by atomic mass is 10.0. The molecule has 3 rings (SSSR count). The van der Waals surface area contributed by atoms with Crippen molar-refractivity contribution >= 4 is 11.8 Å². The van der Waals surface area contributed by atoms with Crippen molar-refractivity contribution in [3.05, 3.63) is 36.3 Å². The van der Waals surface area contributed by atoms with Crippen molar-refractivity contribution in [3.63, 3.8) is 0 Å². The molecule has 2 aromatic heterocycles. The molecule has 1 atom stereocenters. The van der Waals surface area contributed by atoms with Crippen molar-refractivity contribution in [1.29, 1.82) is 0 Å². The maximum Gasteiger partial charge on any atom is 0.244 e. The molecule has 2 aromatic rings.